The second-order valence-corrected chi connectivity index (χ2v) is 10.5. The minimum Gasteiger partial charge on any atom is -0.339 e. The number of rotatable bonds is 6. The van der Waals surface area contributed by atoms with E-state index in [4.69, 9.17) is 0 Å². The van der Waals surface area contributed by atoms with Crippen molar-refractivity contribution in [2.24, 2.45) is 0 Å². The molecule has 0 saturated carbocycles. The number of amides is 4. The number of aromatic amines is 1. The molecule has 2 fully saturated rings. The van der Waals surface area contributed by atoms with Gasteiger partial charge in [-0.05, 0) is 38.0 Å². The van der Waals surface area contributed by atoms with Crippen LogP contribution in [-0.4, -0.2) is 86.9 Å². The molecular weight excluding hydrogens is 539 g/mol. The molecule has 5 rings (SSSR count). The zero-order valence-electron chi connectivity index (χ0n) is 20.9. The molecule has 4 heterocycles. The predicted octanol–water partition coefficient (Wildman–Crippen LogP) is 2.66. The number of aromatic nitrogens is 3. The van der Waals surface area contributed by atoms with E-state index in [9.17, 15) is 32.3 Å². The van der Waals surface area contributed by atoms with Crippen molar-refractivity contribution < 1.29 is 32.3 Å². The van der Waals surface area contributed by atoms with E-state index < -0.39 is 40.4 Å². The van der Waals surface area contributed by atoms with Gasteiger partial charge in [0.25, 0.3) is 11.8 Å². The Morgan fingerprint density at radius 1 is 1.23 bits per heavy atom. The number of imide groups is 1. The molecule has 0 aliphatic carbocycles. The van der Waals surface area contributed by atoms with E-state index in [1.807, 2.05) is 4.90 Å². The average molecular weight is 564 g/mol. The van der Waals surface area contributed by atoms with Crippen LogP contribution in [0.3, 0.4) is 0 Å². The van der Waals surface area contributed by atoms with E-state index in [-0.39, 0.29) is 31.1 Å². The van der Waals surface area contributed by atoms with Gasteiger partial charge >= 0.3 is 12.2 Å². The summed E-state index contributed by atoms with van der Waals surface area (Å²) in [6, 6.07) is 3.90. The zero-order valence-corrected chi connectivity index (χ0v) is 21.7. The quantitative estimate of drug-likeness (QED) is 0.441. The van der Waals surface area contributed by atoms with E-state index >= 15 is 0 Å². The van der Waals surface area contributed by atoms with Gasteiger partial charge in [-0.1, -0.05) is 0 Å². The van der Waals surface area contributed by atoms with Gasteiger partial charge in [0.1, 0.15) is 11.6 Å². The van der Waals surface area contributed by atoms with Crippen LogP contribution in [0.1, 0.15) is 35.3 Å². The molecular formula is C24H24F3N7O4S. The summed E-state index contributed by atoms with van der Waals surface area (Å²) in [4.78, 5) is 59.2. The van der Waals surface area contributed by atoms with Crippen LogP contribution in [0.4, 0.5) is 23.7 Å². The van der Waals surface area contributed by atoms with Crippen LogP contribution in [0.5, 0.6) is 0 Å². The first-order valence-electron chi connectivity index (χ1n) is 12.0. The number of anilines is 1. The summed E-state index contributed by atoms with van der Waals surface area (Å²) < 4.78 is 38.6. The fourth-order valence-electron chi connectivity index (χ4n) is 5.06. The molecule has 1 spiro atoms. The van der Waals surface area contributed by atoms with Crippen molar-refractivity contribution in [3.05, 3.63) is 40.5 Å². The molecule has 39 heavy (non-hydrogen) atoms. The van der Waals surface area contributed by atoms with Crippen LogP contribution >= 0.6 is 11.3 Å². The van der Waals surface area contributed by atoms with E-state index in [1.54, 1.807) is 24.4 Å². The Hall–Kier alpha value is -3.85. The third kappa shape index (κ3) is 4.76. The maximum Gasteiger partial charge on any atom is 0.434 e. The molecule has 2 aliphatic rings. The number of carbonyl (C=O) groups excluding carboxylic acids is 4. The molecule has 0 bridgehead atoms. The van der Waals surface area contributed by atoms with Crippen molar-refractivity contribution in [3.8, 4) is 0 Å². The Morgan fingerprint density at radius 2 is 1.95 bits per heavy atom. The normalized spacial score (nSPS) is 18.8. The predicted molar refractivity (Wildman–Crippen MR) is 134 cm³/mol. The maximum atomic E-state index is 13.3. The number of hydrogen-bond acceptors (Lipinski definition) is 8. The number of hydrogen-bond donors (Lipinski definition) is 2. The lowest BCUT2D eigenvalue weighted by atomic mass is 9.85. The van der Waals surface area contributed by atoms with Crippen molar-refractivity contribution in [3.63, 3.8) is 0 Å². The highest BCUT2D eigenvalue weighted by molar-refractivity contribution is 7.11. The number of alkyl halides is 3. The lowest BCUT2D eigenvalue weighted by molar-refractivity contribution is -0.140. The molecule has 2 aromatic heterocycles. The van der Waals surface area contributed by atoms with Crippen molar-refractivity contribution in [2.45, 2.75) is 37.5 Å². The van der Waals surface area contributed by atoms with Crippen molar-refractivity contribution >= 4 is 51.6 Å². The van der Waals surface area contributed by atoms with Gasteiger partial charge in [0.05, 0.1) is 11.7 Å². The van der Waals surface area contributed by atoms with Crippen LogP contribution in [0, 0.1) is 0 Å². The Labute approximate surface area is 223 Å². The highest BCUT2D eigenvalue weighted by atomic mass is 32.1. The molecule has 15 heteroatoms. The number of piperidine rings is 1. The summed E-state index contributed by atoms with van der Waals surface area (Å²) in [6.07, 6.45) is -2.48. The minimum absolute atomic E-state index is 0.0909. The number of nitrogens with zero attached hydrogens (tertiary/aromatic N) is 5. The van der Waals surface area contributed by atoms with Gasteiger partial charge in [-0.2, -0.15) is 18.3 Å². The number of urea groups is 1. The average Bonchev–Trinajstić information content (AvgIpc) is 3.61. The Bertz CT molecular complexity index is 1460. The van der Waals surface area contributed by atoms with Crippen LogP contribution in [0.15, 0.2) is 29.8 Å². The summed E-state index contributed by atoms with van der Waals surface area (Å²) in [5.41, 5.74) is -0.923. The molecule has 1 aromatic carbocycles. The third-order valence-electron chi connectivity index (χ3n) is 7.20. The molecule has 0 radical (unpaired) electrons. The summed E-state index contributed by atoms with van der Waals surface area (Å²) in [6.45, 7) is 2.05. The highest BCUT2D eigenvalue weighted by Gasteiger charge is 2.57. The number of likely N-dealkylation sites (tertiary alicyclic amines) is 1. The largest absolute Gasteiger partial charge is 0.434 e. The summed E-state index contributed by atoms with van der Waals surface area (Å²) in [7, 11) is 1.44. The molecule has 1 atom stereocenters. The number of Topliss-reactive ketones (excluding diaryl/α,β-unsaturated/α-hetero) is 1. The molecule has 3 aromatic rings. The highest BCUT2D eigenvalue weighted by Crippen LogP contribution is 2.41. The number of thiazole rings is 1. The van der Waals surface area contributed by atoms with Gasteiger partial charge < -0.3 is 10.2 Å². The number of carbonyl (C=O) groups is 4. The van der Waals surface area contributed by atoms with Crippen molar-refractivity contribution in [2.75, 3.05) is 31.6 Å². The second kappa shape index (κ2) is 9.72. The molecule has 0 unspecified atom stereocenters. The first kappa shape index (κ1) is 26.7. The Kier molecular flexibility index (Phi) is 6.66. The molecule has 4 amide bonds. The van der Waals surface area contributed by atoms with Crippen LogP contribution in [0.25, 0.3) is 10.9 Å². The Balaban J connectivity index is 1.30. The first-order chi connectivity index (χ1) is 18.4. The van der Waals surface area contributed by atoms with Crippen molar-refractivity contribution in [1.29, 1.82) is 0 Å². The zero-order chi connectivity index (χ0) is 28.1. The van der Waals surface area contributed by atoms with Crippen LogP contribution in [-0.2, 0) is 15.8 Å². The van der Waals surface area contributed by atoms with E-state index in [2.05, 4.69) is 20.5 Å². The number of nitrogens with one attached hydrogen (secondary N) is 2. The molecule has 2 aliphatic heterocycles. The lowest BCUT2D eigenvalue weighted by Crippen LogP contribution is -2.58. The van der Waals surface area contributed by atoms with Crippen molar-refractivity contribution in [1.82, 2.24) is 30.3 Å². The fourth-order valence-corrected chi connectivity index (χ4v) is 5.79. The standard InChI is InChI=1S/C24H24F3N7O4S/c1-13(35)17(29-19(36)20-30-18(12-39-20)24(25,26)27)11-33-7-5-23(6-8-33)21(37)32(2)22(38)34(23)15-3-4-16-14(9-15)10-28-31-16/h3-4,9-10,12,17H,5-8,11H2,1-2H3,(H,28,31)(H,29,36)/t17-/m1/s1. The number of H-pyrrole nitrogens is 1. The molecule has 2 N–H and O–H groups in total. The smallest absolute Gasteiger partial charge is 0.339 e. The van der Waals surface area contributed by atoms with Gasteiger partial charge in [-0.25, -0.2) is 9.78 Å². The first-order valence-corrected chi connectivity index (χ1v) is 12.9. The van der Waals surface area contributed by atoms with E-state index in [1.165, 1.54) is 18.9 Å². The number of fused-ring (bicyclic) bond motifs is 1. The van der Waals surface area contributed by atoms with Crippen LogP contribution < -0.4 is 10.2 Å². The molecule has 2 saturated heterocycles. The lowest BCUT2D eigenvalue weighted by Gasteiger charge is -2.42. The van der Waals surface area contributed by atoms with E-state index in [0.717, 1.165) is 21.2 Å². The summed E-state index contributed by atoms with van der Waals surface area (Å²) in [5.74, 6) is -1.57. The third-order valence-corrected chi connectivity index (χ3v) is 8.04. The molecule has 11 nitrogen and oxygen atoms in total. The second-order valence-electron chi connectivity index (χ2n) is 9.63. The monoisotopic (exact) mass is 563 g/mol. The maximum absolute atomic E-state index is 13.3. The van der Waals surface area contributed by atoms with Gasteiger partial charge in [-0.15, -0.1) is 11.3 Å². The van der Waals surface area contributed by atoms with Gasteiger partial charge in [0.15, 0.2) is 16.5 Å². The number of benzene rings is 1. The summed E-state index contributed by atoms with van der Waals surface area (Å²) >= 11 is 0.543. The topological polar surface area (TPSA) is 132 Å². The van der Waals surface area contributed by atoms with Gasteiger partial charge in [0.2, 0.25) is 0 Å². The van der Waals surface area contributed by atoms with Crippen LogP contribution in [0.2, 0.25) is 0 Å². The SMILES string of the molecule is CC(=O)[C@@H](CN1CCC2(CC1)C(=O)N(C)C(=O)N2c1ccc2[nH]ncc2c1)NC(=O)c1nc(C(F)(F)F)cs1. The number of likely N-dealkylation sites (N-methyl/N-ethyl adjacent to an activating group) is 1. The van der Waals surface area contributed by atoms with Gasteiger partial charge in [-0.3, -0.25) is 29.3 Å². The fraction of sp³-hybridized carbons (Fsp3) is 0.417. The molecule has 206 valence electrons. The summed E-state index contributed by atoms with van der Waals surface area (Å²) in [5, 5.41) is 10.5. The minimum atomic E-state index is -4.68. The number of ketones is 1. The van der Waals surface area contributed by atoms with Gasteiger partial charge in [0, 0.05) is 43.1 Å². The number of halogens is 3. The van der Waals surface area contributed by atoms with E-state index in [0.29, 0.717) is 30.1 Å². The Morgan fingerprint density at radius 3 is 2.59 bits per heavy atom.